The monoisotopic (exact) mass is 417 g/mol. The number of sulfone groups is 1. The van der Waals surface area contributed by atoms with Gasteiger partial charge in [-0.3, -0.25) is 4.79 Å². The van der Waals surface area contributed by atoms with Gasteiger partial charge in [-0.05, 0) is 42.7 Å². The Kier molecular flexibility index (Phi) is 6.79. The fourth-order valence-electron chi connectivity index (χ4n) is 3.45. The van der Waals surface area contributed by atoms with Crippen LogP contribution in [0.5, 0.6) is 11.5 Å². The van der Waals surface area contributed by atoms with Crippen molar-refractivity contribution in [2.75, 3.05) is 25.2 Å². The summed E-state index contributed by atoms with van der Waals surface area (Å²) in [5.41, 5.74) is 1.37. The Hall–Kier alpha value is -2.54. The van der Waals surface area contributed by atoms with Crippen molar-refractivity contribution < 1.29 is 22.7 Å². The van der Waals surface area contributed by atoms with Crippen molar-refractivity contribution in [2.45, 2.75) is 32.4 Å². The van der Waals surface area contributed by atoms with Crippen LogP contribution >= 0.6 is 0 Å². The normalized spacial score (nSPS) is 17.7. The lowest BCUT2D eigenvalue weighted by molar-refractivity contribution is 0.0676. The number of hydrogen-bond donors (Lipinski definition) is 0. The van der Waals surface area contributed by atoms with Crippen LogP contribution in [-0.2, 0) is 16.4 Å². The van der Waals surface area contributed by atoms with E-state index in [9.17, 15) is 13.2 Å². The number of hydrogen-bond acceptors (Lipinski definition) is 5. The Morgan fingerprint density at radius 1 is 1.14 bits per heavy atom. The number of amides is 1. The molecule has 0 bridgehead atoms. The topological polar surface area (TPSA) is 72.9 Å². The molecule has 6 nitrogen and oxygen atoms in total. The van der Waals surface area contributed by atoms with Crippen LogP contribution in [0.15, 0.2) is 48.5 Å². The Morgan fingerprint density at radius 2 is 1.86 bits per heavy atom. The number of carbonyl (C=O) groups is 1. The largest absolute Gasteiger partial charge is 0.497 e. The fourth-order valence-corrected chi connectivity index (χ4v) is 5.18. The molecule has 2 aromatic rings. The average Bonchev–Trinajstić information content (AvgIpc) is 3.10. The lowest BCUT2D eigenvalue weighted by Crippen LogP contribution is -2.40. The SMILES string of the molecule is CCCOc1ccccc1C(=O)N(Cc1ccc(OC)cc1)C1CCS(=O)(=O)C1. The fraction of sp³-hybridized carbons (Fsp3) is 0.409. The minimum atomic E-state index is -3.13. The lowest BCUT2D eigenvalue weighted by atomic mass is 10.1. The second-order valence-electron chi connectivity index (χ2n) is 7.18. The molecule has 3 rings (SSSR count). The zero-order chi connectivity index (χ0) is 20.9. The summed E-state index contributed by atoms with van der Waals surface area (Å²) < 4.78 is 35.1. The van der Waals surface area contributed by atoms with Gasteiger partial charge >= 0.3 is 0 Å². The van der Waals surface area contributed by atoms with Gasteiger partial charge in [0.1, 0.15) is 11.5 Å². The molecule has 0 spiro atoms. The molecule has 1 amide bonds. The Balaban J connectivity index is 1.91. The zero-order valence-electron chi connectivity index (χ0n) is 16.8. The molecule has 1 fully saturated rings. The molecule has 1 heterocycles. The number of benzene rings is 2. The van der Waals surface area contributed by atoms with Crippen LogP contribution in [0.3, 0.4) is 0 Å². The van der Waals surface area contributed by atoms with Crippen LogP contribution in [0.1, 0.15) is 35.7 Å². The molecule has 1 aliphatic heterocycles. The van der Waals surface area contributed by atoms with Gasteiger partial charge in [0, 0.05) is 12.6 Å². The van der Waals surface area contributed by atoms with Crippen LogP contribution in [0, 0.1) is 0 Å². The second-order valence-corrected chi connectivity index (χ2v) is 9.41. The molecule has 0 aliphatic carbocycles. The number of para-hydroxylation sites is 1. The van der Waals surface area contributed by atoms with Gasteiger partial charge in [-0.1, -0.05) is 31.2 Å². The summed E-state index contributed by atoms with van der Waals surface area (Å²) in [6.45, 7) is 2.84. The first kappa shape index (κ1) is 21.2. The lowest BCUT2D eigenvalue weighted by Gasteiger charge is -2.29. The minimum absolute atomic E-state index is 0.00706. The van der Waals surface area contributed by atoms with E-state index in [1.165, 1.54) is 0 Å². The van der Waals surface area contributed by atoms with E-state index in [0.717, 1.165) is 17.7 Å². The van der Waals surface area contributed by atoms with Crippen LogP contribution in [0.25, 0.3) is 0 Å². The highest BCUT2D eigenvalue weighted by Gasteiger charge is 2.35. The number of ether oxygens (including phenoxy) is 2. The first-order chi connectivity index (χ1) is 13.9. The first-order valence-electron chi connectivity index (χ1n) is 9.79. The van der Waals surface area contributed by atoms with Crippen LogP contribution in [-0.4, -0.2) is 50.5 Å². The van der Waals surface area contributed by atoms with Crippen molar-refractivity contribution in [2.24, 2.45) is 0 Å². The number of nitrogens with zero attached hydrogens (tertiary/aromatic N) is 1. The highest BCUT2D eigenvalue weighted by Crippen LogP contribution is 2.27. The molecule has 2 aromatic carbocycles. The predicted molar refractivity (Wildman–Crippen MR) is 112 cm³/mol. The molecule has 0 aromatic heterocycles. The zero-order valence-corrected chi connectivity index (χ0v) is 17.7. The van der Waals surface area contributed by atoms with Gasteiger partial charge in [0.15, 0.2) is 9.84 Å². The van der Waals surface area contributed by atoms with Crippen LogP contribution < -0.4 is 9.47 Å². The number of methoxy groups -OCH3 is 1. The number of carbonyl (C=O) groups excluding carboxylic acids is 1. The van der Waals surface area contributed by atoms with Gasteiger partial charge < -0.3 is 14.4 Å². The van der Waals surface area contributed by atoms with E-state index >= 15 is 0 Å². The summed E-state index contributed by atoms with van der Waals surface area (Å²) in [5, 5.41) is 0. The summed E-state index contributed by atoms with van der Waals surface area (Å²) in [6.07, 6.45) is 1.28. The summed E-state index contributed by atoms with van der Waals surface area (Å²) in [6, 6.07) is 14.2. The Bertz CT molecular complexity index is 940. The molecule has 1 unspecified atom stereocenters. The average molecular weight is 418 g/mol. The molecule has 0 radical (unpaired) electrons. The Morgan fingerprint density at radius 3 is 2.48 bits per heavy atom. The van der Waals surface area contributed by atoms with E-state index in [1.54, 1.807) is 30.2 Å². The molecule has 29 heavy (non-hydrogen) atoms. The van der Waals surface area contributed by atoms with Crippen molar-refractivity contribution >= 4 is 15.7 Å². The number of rotatable bonds is 8. The molecule has 1 aliphatic rings. The third-order valence-electron chi connectivity index (χ3n) is 5.00. The van der Waals surface area contributed by atoms with Crippen molar-refractivity contribution in [1.82, 2.24) is 4.90 Å². The third-order valence-corrected chi connectivity index (χ3v) is 6.75. The van der Waals surface area contributed by atoms with Crippen molar-refractivity contribution in [3.05, 3.63) is 59.7 Å². The second kappa shape index (κ2) is 9.31. The van der Waals surface area contributed by atoms with E-state index in [-0.39, 0.29) is 23.5 Å². The Labute approximate surface area is 172 Å². The van der Waals surface area contributed by atoms with Crippen LogP contribution in [0.4, 0.5) is 0 Å². The van der Waals surface area contributed by atoms with Gasteiger partial charge in [0.25, 0.3) is 5.91 Å². The van der Waals surface area contributed by atoms with Crippen molar-refractivity contribution in [3.63, 3.8) is 0 Å². The first-order valence-corrected chi connectivity index (χ1v) is 11.6. The molecule has 0 N–H and O–H groups in total. The van der Waals surface area contributed by atoms with E-state index in [4.69, 9.17) is 9.47 Å². The maximum absolute atomic E-state index is 13.5. The highest BCUT2D eigenvalue weighted by atomic mass is 32.2. The van der Waals surface area contributed by atoms with E-state index < -0.39 is 9.84 Å². The van der Waals surface area contributed by atoms with E-state index in [2.05, 4.69) is 0 Å². The summed E-state index contributed by atoms with van der Waals surface area (Å²) >= 11 is 0. The molecule has 156 valence electrons. The minimum Gasteiger partial charge on any atom is -0.497 e. The maximum atomic E-state index is 13.5. The summed E-state index contributed by atoms with van der Waals surface area (Å²) in [7, 11) is -1.53. The highest BCUT2D eigenvalue weighted by molar-refractivity contribution is 7.91. The molecular weight excluding hydrogens is 390 g/mol. The van der Waals surface area contributed by atoms with Crippen molar-refractivity contribution in [3.8, 4) is 11.5 Å². The molecular formula is C22H27NO5S. The molecule has 1 saturated heterocycles. The van der Waals surface area contributed by atoms with Gasteiger partial charge in [-0.2, -0.15) is 0 Å². The van der Waals surface area contributed by atoms with Gasteiger partial charge in [0.2, 0.25) is 0 Å². The predicted octanol–water partition coefficient (Wildman–Crippen LogP) is 3.31. The maximum Gasteiger partial charge on any atom is 0.258 e. The molecule has 1 atom stereocenters. The summed E-state index contributed by atoms with van der Waals surface area (Å²) in [4.78, 5) is 15.1. The third kappa shape index (κ3) is 5.29. The smallest absolute Gasteiger partial charge is 0.258 e. The van der Waals surface area contributed by atoms with Crippen LogP contribution in [0.2, 0.25) is 0 Å². The van der Waals surface area contributed by atoms with Gasteiger partial charge in [0.05, 0.1) is 30.8 Å². The summed E-state index contributed by atoms with van der Waals surface area (Å²) in [5.74, 6) is 1.15. The van der Waals surface area contributed by atoms with E-state index in [0.29, 0.717) is 30.9 Å². The van der Waals surface area contributed by atoms with Gasteiger partial charge in [-0.25, -0.2) is 8.42 Å². The van der Waals surface area contributed by atoms with E-state index in [1.807, 2.05) is 37.3 Å². The standard InChI is InChI=1S/C22H27NO5S/c1-3-13-28-21-7-5-4-6-20(21)22(24)23(18-12-14-29(25,26)16-18)15-17-8-10-19(27-2)11-9-17/h4-11,18H,3,12-16H2,1-2H3. The van der Waals surface area contributed by atoms with Crippen molar-refractivity contribution in [1.29, 1.82) is 0 Å². The van der Waals surface area contributed by atoms with Gasteiger partial charge in [-0.15, -0.1) is 0 Å². The molecule has 0 saturated carbocycles. The molecule has 7 heteroatoms. The quantitative estimate of drug-likeness (QED) is 0.659.